The van der Waals surface area contributed by atoms with E-state index in [1.54, 1.807) is 24.3 Å². The predicted molar refractivity (Wildman–Crippen MR) is 132 cm³/mol. The Morgan fingerprint density at radius 1 is 1.11 bits per heavy atom. The van der Waals surface area contributed by atoms with Gasteiger partial charge in [-0.25, -0.2) is 13.1 Å². The van der Waals surface area contributed by atoms with Gasteiger partial charge in [-0.2, -0.15) is 0 Å². The van der Waals surface area contributed by atoms with Gasteiger partial charge in [0.05, 0.1) is 12.4 Å². The van der Waals surface area contributed by atoms with Crippen LogP contribution in [-0.4, -0.2) is 67.1 Å². The van der Waals surface area contributed by atoms with Gasteiger partial charge in [-0.3, -0.25) is 15.0 Å². The monoisotopic (exact) mass is 501 g/mol. The summed E-state index contributed by atoms with van der Waals surface area (Å²) in [4.78, 5) is 27.2. The highest BCUT2D eigenvalue weighted by molar-refractivity contribution is 7.89. The minimum atomic E-state index is -3.84. The maximum atomic E-state index is 13.0. The van der Waals surface area contributed by atoms with Crippen molar-refractivity contribution in [1.82, 2.24) is 14.9 Å². The van der Waals surface area contributed by atoms with Crippen LogP contribution < -0.4 is 15.8 Å². The summed E-state index contributed by atoms with van der Waals surface area (Å²) in [5, 5.41) is 20.0. The maximum Gasteiger partial charge on any atom is 0.243 e. The fourth-order valence-corrected chi connectivity index (χ4v) is 5.18. The molecule has 0 aromatic heterocycles. The van der Waals surface area contributed by atoms with E-state index in [1.165, 1.54) is 4.90 Å². The summed E-state index contributed by atoms with van der Waals surface area (Å²) < 4.78 is 27.4. The van der Waals surface area contributed by atoms with Crippen molar-refractivity contribution in [3.05, 3.63) is 71.3 Å². The second-order valence-electron chi connectivity index (χ2n) is 8.43. The molecule has 2 aromatic carbocycles. The van der Waals surface area contributed by atoms with Crippen molar-refractivity contribution in [3.8, 4) is 0 Å². The topological polar surface area (TPSA) is 166 Å². The fraction of sp³-hybridized carbons (Fsp3) is 0.375. The predicted octanol–water partition coefficient (Wildman–Crippen LogP) is 0.101. The van der Waals surface area contributed by atoms with Crippen LogP contribution in [0.5, 0.6) is 0 Å². The van der Waals surface area contributed by atoms with Crippen LogP contribution in [0.2, 0.25) is 0 Å². The highest BCUT2D eigenvalue weighted by atomic mass is 32.2. The lowest BCUT2D eigenvalue weighted by Crippen LogP contribution is -2.55. The van der Waals surface area contributed by atoms with Crippen LogP contribution in [0.3, 0.4) is 0 Å². The second-order valence-corrected chi connectivity index (χ2v) is 10.3. The minimum Gasteiger partial charge on any atom is -0.394 e. The van der Waals surface area contributed by atoms with E-state index in [2.05, 4.69) is 10.0 Å². The number of benzene rings is 2. The first-order valence-corrected chi connectivity index (χ1v) is 13.0. The molecule has 0 saturated carbocycles. The number of aliphatic hydroxyl groups excluding tert-OH is 1. The van der Waals surface area contributed by atoms with Gasteiger partial charge in [0.1, 0.15) is 17.9 Å². The minimum absolute atomic E-state index is 0.0465. The molecule has 35 heavy (non-hydrogen) atoms. The molecule has 188 valence electrons. The van der Waals surface area contributed by atoms with E-state index < -0.39 is 34.6 Å². The molecule has 11 heteroatoms. The molecule has 0 bridgehead atoms. The number of hydrogen-bond donors (Lipinski definition) is 5. The van der Waals surface area contributed by atoms with Crippen LogP contribution in [0.1, 0.15) is 29.5 Å². The van der Waals surface area contributed by atoms with Crippen LogP contribution in [0.15, 0.2) is 54.6 Å². The number of nitrogens with two attached hydrogens (primary N) is 1. The van der Waals surface area contributed by atoms with Gasteiger partial charge in [-0.15, -0.1) is 0 Å². The number of rotatable bonds is 11. The highest BCUT2D eigenvalue weighted by Gasteiger charge is 2.38. The molecule has 0 radical (unpaired) electrons. The molecule has 1 aliphatic heterocycles. The van der Waals surface area contributed by atoms with E-state index in [-0.39, 0.29) is 30.5 Å². The van der Waals surface area contributed by atoms with Crippen molar-refractivity contribution in [2.45, 2.75) is 37.9 Å². The molecule has 1 saturated heterocycles. The van der Waals surface area contributed by atoms with Gasteiger partial charge in [0, 0.05) is 18.7 Å². The van der Waals surface area contributed by atoms with Crippen LogP contribution in [0.25, 0.3) is 0 Å². The molecule has 1 aliphatic rings. The number of carbonyl (C=O) groups is 2. The van der Waals surface area contributed by atoms with Gasteiger partial charge in [0.25, 0.3) is 0 Å². The largest absolute Gasteiger partial charge is 0.394 e. The third-order valence-electron chi connectivity index (χ3n) is 5.87. The van der Waals surface area contributed by atoms with Gasteiger partial charge in [-0.1, -0.05) is 54.6 Å². The van der Waals surface area contributed by atoms with Crippen molar-refractivity contribution in [1.29, 1.82) is 5.41 Å². The molecule has 0 aliphatic carbocycles. The zero-order chi connectivity index (χ0) is 25.4. The average Bonchev–Trinajstić information content (AvgIpc) is 3.35. The van der Waals surface area contributed by atoms with Crippen LogP contribution in [0, 0.1) is 5.41 Å². The number of amidine groups is 1. The van der Waals surface area contributed by atoms with Crippen molar-refractivity contribution >= 4 is 27.7 Å². The summed E-state index contributed by atoms with van der Waals surface area (Å²) >= 11 is 0. The lowest BCUT2D eigenvalue weighted by molar-refractivity contribution is -0.140. The Kier molecular flexibility index (Phi) is 8.96. The average molecular weight is 502 g/mol. The Morgan fingerprint density at radius 3 is 2.43 bits per heavy atom. The number of nitrogen functional groups attached to an aromatic ring is 1. The summed E-state index contributed by atoms with van der Waals surface area (Å²) in [6, 6.07) is 13.9. The zero-order valence-corrected chi connectivity index (χ0v) is 20.1. The third-order valence-corrected chi connectivity index (χ3v) is 7.26. The van der Waals surface area contributed by atoms with Gasteiger partial charge < -0.3 is 21.1 Å². The van der Waals surface area contributed by atoms with Crippen molar-refractivity contribution < 1.29 is 23.1 Å². The van der Waals surface area contributed by atoms with E-state index >= 15 is 0 Å². The van der Waals surface area contributed by atoms with E-state index in [1.807, 2.05) is 30.3 Å². The number of amides is 2. The molecular formula is C24H31N5O5S. The summed E-state index contributed by atoms with van der Waals surface area (Å²) in [7, 11) is -3.84. The first-order valence-electron chi connectivity index (χ1n) is 11.4. The molecule has 1 heterocycles. The molecule has 2 aromatic rings. The summed E-state index contributed by atoms with van der Waals surface area (Å²) in [5.41, 5.74) is 7.67. The summed E-state index contributed by atoms with van der Waals surface area (Å²) in [6.45, 7) is -0.186. The van der Waals surface area contributed by atoms with Crippen LogP contribution >= 0.6 is 0 Å². The number of nitrogens with zero attached hydrogens (tertiary/aromatic N) is 1. The van der Waals surface area contributed by atoms with Gasteiger partial charge in [0.2, 0.25) is 21.8 Å². The van der Waals surface area contributed by atoms with Gasteiger partial charge in [0.15, 0.2) is 0 Å². The molecule has 3 rings (SSSR count). The van der Waals surface area contributed by atoms with Gasteiger partial charge in [-0.05, 0) is 30.4 Å². The Hall–Kier alpha value is -3.28. The van der Waals surface area contributed by atoms with Crippen molar-refractivity contribution in [2.75, 3.05) is 18.9 Å². The normalized spacial score (nSPS) is 16.6. The first-order chi connectivity index (χ1) is 16.7. The molecule has 2 amide bonds. The molecule has 10 nitrogen and oxygen atoms in total. The first kappa shape index (κ1) is 26.3. The van der Waals surface area contributed by atoms with Crippen molar-refractivity contribution in [2.24, 2.45) is 5.73 Å². The smallest absolute Gasteiger partial charge is 0.243 e. The molecule has 2 atom stereocenters. The molecule has 0 spiro atoms. The van der Waals surface area contributed by atoms with E-state index in [4.69, 9.17) is 11.1 Å². The molecule has 1 fully saturated rings. The quantitative estimate of drug-likeness (QED) is 0.216. The maximum absolute atomic E-state index is 13.0. The van der Waals surface area contributed by atoms with Crippen LogP contribution in [-0.2, 0) is 32.6 Å². The SMILES string of the molecule is N=C(N)c1ccc(CNC(=O)C2CCCN2C(=O)[C@@H](CO)NS(=O)(=O)CCc2ccccc2)cc1. The number of carbonyl (C=O) groups excluding carboxylic acids is 2. The fourth-order valence-electron chi connectivity index (χ4n) is 3.95. The lowest BCUT2D eigenvalue weighted by atomic mass is 10.1. The molecule has 1 unspecified atom stereocenters. The summed E-state index contributed by atoms with van der Waals surface area (Å²) in [5.74, 6) is -1.25. The van der Waals surface area contributed by atoms with E-state index in [9.17, 15) is 23.1 Å². The highest BCUT2D eigenvalue weighted by Crippen LogP contribution is 2.19. The number of aryl methyl sites for hydroxylation is 1. The van der Waals surface area contributed by atoms with E-state index in [0.29, 0.717) is 24.9 Å². The van der Waals surface area contributed by atoms with Crippen LogP contribution in [0.4, 0.5) is 0 Å². The Balaban J connectivity index is 1.57. The molecular weight excluding hydrogens is 470 g/mol. The number of aliphatic hydroxyl groups is 1. The Labute approximate surface area is 205 Å². The van der Waals surface area contributed by atoms with E-state index in [0.717, 1.165) is 11.1 Å². The molecule has 6 N–H and O–H groups in total. The number of likely N-dealkylation sites (tertiary alicyclic amines) is 1. The Bertz CT molecular complexity index is 1140. The number of sulfonamides is 1. The number of nitrogens with one attached hydrogen (secondary N) is 3. The van der Waals surface area contributed by atoms with Gasteiger partial charge >= 0.3 is 0 Å². The zero-order valence-electron chi connectivity index (χ0n) is 19.3. The third kappa shape index (κ3) is 7.35. The summed E-state index contributed by atoms with van der Waals surface area (Å²) in [6.07, 6.45) is 1.31. The van der Waals surface area contributed by atoms with Crippen molar-refractivity contribution in [3.63, 3.8) is 0 Å². The standard InChI is InChI=1S/C24H31N5O5S/c25-22(26)19-10-8-18(9-11-19)15-27-23(31)21-7-4-13-29(21)24(32)20(16-30)28-35(33,34)14-12-17-5-2-1-3-6-17/h1-3,5-6,8-11,20-21,28,30H,4,7,12-16H2,(H3,25,26)(H,27,31)/t20-,21?/m1/s1. The number of hydrogen-bond acceptors (Lipinski definition) is 6. The lowest BCUT2D eigenvalue weighted by Gasteiger charge is -2.28. The Morgan fingerprint density at radius 2 is 1.80 bits per heavy atom. The second kappa shape index (κ2) is 11.9.